The minimum Gasteiger partial charge on any atom is -0.354 e. The first-order chi connectivity index (χ1) is 13.9. The number of halogens is 3. The van der Waals surface area contributed by atoms with Gasteiger partial charge in [0.1, 0.15) is 0 Å². The van der Waals surface area contributed by atoms with Crippen molar-refractivity contribution in [2.75, 3.05) is 26.2 Å². The molecule has 1 aromatic rings. The van der Waals surface area contributed by atoms with Crippen LogP contribution in [0.15, 0.2) is 24.3 Å². The van der Waals surface area contributed by atoms with Crippen molar-refractivity contribution in [2.24, 2.45) is 11.3 Å². The van der Waals surface area contributed by atoms with Crippen molar-refractivity contribution in [1.82, 2.24) is 15.5 Å². The number of amides is 3. The first kappa shape index (κ1) is 23.7. The molecule has 9 heteroatoms. The molecular formula is C21H28F3N3O3. The van der Waals surface area contributed by atoms with E-state index in [2.05, 4.69) is 10.6 Å². The summed E-state index contributed by atoms with van der Waals surface area (Å²) >= 11 is 0. The summed E-state index contributed by atoms with van der Waals surface area (Å²) in [5.74, 6) is -0.970. The summed E-state index contributed by atoms with van der Waals surface area (Å²) in [6.07, 6.45) is -3.01. The van der Waals surface area contributed by atoms with E-state index in [0.717, 1.165) is 30.7 Å². The van der Waals surface area contributed by atoms with Crippen molar-refractivity contribution < 1.29 is 27.6 Å². The number of benzene rings is 1. The lowest BCUT2D eigenvalue weighted by Crippen LogP contribution is -2.49. The predicted molar refractivity (Wildman–Crippen MR) is 106 cm³/mol. The predicted octanol–water partition coefficient (Wildman–Crippen LogP) is 2.84. The van der Waals surface area contributed by atoms with Gasteiger partial charge in [0.15, 0.2) is 0 Å². The van der Waals surface area contributed by atoms with E-state index in [4.69, 9.17) is 0 Å². The standard InChI is InChI=1S/C21H28F3N3O3/c1-20(2,3)19(30)27-12-4-5-15(13-27)18(29)26-11-10-25-17(28)14-6-8-16(9-7-14)21(22,23)24/h6-9,15H,4-5,10-13H2,1-3H3,(H,25,28)(H,26,29). The quantitative estimate of drug-likeness (QED) is 0.710. The van der Waals surface area contributed by atoms with Gasteiger partial charge in [0, 0.05) is 37.2 Å². The number of nitrogens with one attached hydrogen (secondary N) is 2. The molecule has 1 unspecified atom stereocenters. The van der Waals surface area contributed by atoms with E-state index in [9.17, 15) is 27.6 Å². The van der Waals surface area contributed by atoms with Crippen molar-refractivity contribution in [3.05, 3.63) is 35.4 Å². The molecule has 0 bridgehead atoms. The third-order valence-electron chi connectivity index (χ3n) is 4.91. The van der Waals surface area contributed by atoms with E-state index in [1.807, 2.05) is 20.8 Å². The molecule has 0 aliphatic carbocycles. The smallest absolute Gasteiger partial charge is 0.354 e. The molecule has 2 N–H and O–H groups in total. The van der Waals surface area contributed by atoms with Gasteiger partial charge in [-0.1, -0.05) is 20.8 Å². The van der Waals surface area contributed by atoms with Crippen LogP contribution in [0.25, 0.3) is 0 Å². The average molecular weight is 427 g/mol. The second-order valence-electron chi connectivity index (χ2n) is 8.46. The third-order valence-corrected chi connectivity index (χ3v) is 4.91. The zero-order chi connectivity index (χ0) is 22.5. The zero-order valence-electron chi connectivity index (χ0n) is 17.4. The van der Waals surface area contributed by atoms with Crippen LogP contribution in [-0.4, -0.2) is 48.8 Å². The van der Waals surface area contributed by atoms with Crippen LogP contribution in [0.5, 0.6) is 0 Å². The van der Waals surface area contributed by atoms with Crippen LogP contribution in [0.4, 0.5) is 13.2 Å². The van der Waals surface area contributed by atoms with Gasteiger partial charge in [0.25, 0.3) is 5.91 Å². The van der Waals surface area contributed by atoms with Gasteiger partial charge in [-0.05, 0) is 37.1 Å². The highest BCUT2D eigenvalue weighted by Gasteiger charge is 2.33. The maximum Gasteiger partial charge on any atom is 0.416 e. The molecule has 0 spiro atoms. The molecular weight excluding hydrogens is 399 g/mol. The maximum atomic E-state index is 12.6. The lowest BCUT2D eigenvalue weighted by molar-refractivity contribution is -0.143. The van der Waals surface area contributed by atoms with Crippen LogP contribution in [0.2, 0.25) is 0 Å². The van der Waals surface area contributed by atoms with E-state index in [0.29, 0.717) is 19.5 Å². The summed E-state index contributed by atoms with van der Waals surface area (Å²) < 4.78 is 37.7. The minimum atomic E-state index is -4.45. The molecule has 1 atom stereocenters. The Kier molecular flexibility index (Phi) is 7.49. The second kappa shape index (κ2) is 9.49. The number of carbonyl (C=O) groups excluding carboxylic acids is 3. The maximum absolute atomic E-state index is 12.6. The van der Waals surface area contributed by atoms with Crippen molar-refractivity contribution in [2.45, 2.75) is 39.8 Å². The molecule has 1 saturated heterocycles. The Balaban J connectivity index is 1.76. The first-order valence-corrected chi connectivity index (χ1v) is 9.92. The summed E-state index contributed by atoms with van der Waals surface area (Å²) in [7, 11) is 0. The topological polar surface area (TPSA) is 78.5 Å². The van der Waals surface area contributed by atoms with Crippen LogP contribution in [0, 0.1) is 11.3 Å². The molecule has 1 aliphatic heterocycles. The van der Waals surface area contributed by atoms with Gasteiger partial charge in [-0.25, -0.2) is 0 Å². The fraction of sp³-hybridized carbons (Fsp3) is 0.571. The van der Waals surface area contributed by atoms with Gasteiger partial charge >= 0.3 is 6.18 Å². The molecule has 0 aromatic heterocycles. The summed E-state index contributed by atoms with van der Waals surface area (Å²) in [5.41, 5.74) is -1.21. The van der Waals surface area contributed by atoms with E-state index >= 15 is 0 Å². The third kappa shape index (κ3) is 6.47. The number of hydrogen-bond acceptors (Lipinski definition) is 3. The van der Waals surface area contributed by atoms with Gasteiger partial charge < -0.3 is 15.5 Å². The summed E-state index contributed by atoms with van der Waals surface area (Å²) in [5, 5.41) is 5.31. The minimum absolute atomic E-state index is 0.0174. The van der Waals surface area contributed by atoms with Gasteiger partial charge in [-0.3, -0.25) is 14.4 Å². The Morgan fingerprint density at radius 2 is 1.63 bits per heavy atom. The highest BCUT2D eigenvalue weighted by molar-refractivity contribution is 5.94. The summed E-state index contributed by atoms with van der Waals surface area (Å²) in [6.45, 7) is 6.88. The molecule has 1 fully saturated rings. The van der Waals surface area contributed by atoms with Crippen LogP contribution in [-0.2, 0) is 15.8 Å². The van der Waals surface area contributed by atoms with Crippen molar-refractivity contribution in [3.63, 3.8) is 0 Å². The average Bonchev–Trinajstić information content (AvgIpc) is 2.69. The molecule has 0 radical (unpaired) electrons. The number of nitrogens with zero attached hydrogens (tertiary/aromatic N) is 1. The monoisotopic (exact) mass is 427 g/mol. The molecule has 0 saturated carbocycles. The van der Waals surface area contributed by atoms with Gasteiger partial charge in [-0.15, -0.1) is 0 Å². The van der Waals surface area contributed by atoms with Gasteiger partial charge in [-0.2, -0.15) is 13.2 Å². The number of hydrogen-bond donors (Lipinski definition) is 2. The molecule has 1 aromatic carbocycles. The molecule has 166 valence electrons. The highest BCUT2D eigenvalue weighted by Crippen LogP contribution is 2.29. The summed E-state index contributed by atoms with van der Waals surface area (Å²) in [4.78, 5) is 38.5. The molecule has 1 aliphatic rings. The molecule has 30 heavy (non-hydrogen) atoms. The highest BCUT2D eigenvalue weighted by atomic mass is 19.4. The Hall–Kier alpha value is -2.58. The Morgan fingerprint density at radius 3 is 2.20 bits per heavy atom. The Labute approximate surface area is 174 Å². The zero-order valence-corrected chi connectivity index (χ0v) is 17.4. The largest absolute Gasteiger partial charge is 0.416 e. The number of carbonyl (C=O) groups is 3. The lowest BCUT2D eigenvalue weighted by atomic mass is 9.91. The summed E-state index contributed by atoms with van der Waals surface area (Å²) in [6, 6.07) is 3.92. The van der Waals surface area contributed by atoms with Crippen molar-refractivity contribution in [3.8, 4) is 0 Å². The fourth-order valence-electron chi connectivity index (χ4n) is 3.27. The number of alkyl halides is 3. The van der Waals surface area contributed by atoms with Gasteiger partial charge in [0.05, 0.1) is 11.5 Å². The van der Waals surface area contributed by atoms with E-state index in [1.165, 1.54) is 0 Å². The van der Waals surface area contributed by atoms with Crippen molar-refractivity contribution >= 4 is 17.7 Å². The molecule has 3 amide bonds. The van der Waals surface area contributed by atoms with E-state index in [-0.39, 0.29) is 36.4 Å². The Bertz CT molecular complexity index is 770. The van der Waals surface area contributed by atoms with E-state index in [1.54, 1.807) is 4.90 Å². The van der Waals surface area contributed by atoms with Crippen LogP contribution >= 0.6 is 0 Å². The molecule has 6 nitrogen and oxygen atoms in total. The SMILES string of the molecule is CC(C)(C)C(=O)N1CCCC(C(=O)NCCNC(=O)c2ccc(C(F)(F)F)cc2)C1. The molecule has 2 rings (SSSR count). The normalized spacial score (nSPS) is 17.4. The van der Waals surface area contributed by atoms with Crippen LogP contribution in [0.1, 0.15) is 49.5 Å². The van der Waals surface area contributed by atoms with E-state index < -0.39 is 23.1 Å². The number of rotatable bonds is 5. The van der Waals surface area contributed by atoms with Crippen molar-refractivity contribution in [1.29, 1.82) is 0 Å². The molecule has 1 heterocycles. The fourth-order valence-corrected chi connectivity index (χ4v) is 3.27. The second-order valence-corrected chi connectivity index (χ2v) is 8.46. The number of piperidine rings is 1. The first-order valence-electron chi connectivity index (χ1n) is 9.92. The number of likely N-dealkylation sites (tertiary alicyclic amines) is 1. The van der Waals surface area contributed by atoms with Gasteiger partial charge in [0.2, 0.25) is 11.8 Å². The lowest BCUT2D eigenvalue weighted by Gasteiger charge is -2.35. The Morgan fingerprint density at radius 1 is 1.03 bits per heavy atom. The van der Waals surface area contributed by atoms with Crippen LogP contribution in [0.3, 0.4) is 0 Å². The van der Waals surface area contributed by atoms with Crippen LogP contribution < -0.4 is 10.6 Å².